The van der Waals surface area contributed by atoms with Gasteiger partial charge in [0.2, 0.25) is 0 Å². The third kappa shape index (κ3) is 7.13. The van der Waals surface area contributed by atoms with Crippen LogP contribution in [-0.2, 0) is 0 Å². The smallest absolute Gasteiger partial charge is 0.160 e. The fourth-order valence-corrected chi connectivity index (χ4v) is 3.80. The van der Waals surface area contributed by atoms with Crippen molar-refractivity contribution < 1.29 is 9.47 Å². The number of hydrogen-bond donors (Lipinski definition) is 2. The van der Waals surface area contributed by atoms with Gasteiger partial charge in [-0.3, -0.25) is 5.84 Å². The quantitative estimate of drug-likeness (QED) is 0.289. The van der Waals surface area contributed by atoms with Crippen molar-refractivity contribution in [1.82, 2.24) is 9.73 Å². The number of likely N-dealkylation sites (tertiary alicyclic amines) is 1. The maximum absolute atomic E-state index is 5.01. The first-order valence-electron chi connectivity index (χ1n) is 8.62. The molecule has 7 heteroatoms. The first kappa shape index (κ1) is 22.8. The summed E-state index contributed by atoms with van der Waals surface area (Å²) in [6.07, 6.45) is 7.30. The van der Waals surface area contributed by atoms with Crippen molar-refractivity contribution in [3.05, 3.63) is 24.3 Å². The molecule has 2 atom stereocenters. The number of nitrogens with one attached hydrogen (secondary N) is 1. The molecule has 0 bridgehead atoms. The number of hydrazine groups is 1. The number of benzene rings is 1. The standard InChI is InChI=1S/C10H19N.C8H10O2.H3IN2S/c1-10-6-4-3-5-9(10)11(2)8-7-10;1-9-7-5-3-4-6-8(7)10-2;1-4-3-2/h9H,3-8H2,1-2H3;3-6H,1-2H3;3H,2H2. The third-order valence-corrected chi connectivity index (χ3v) is 6.03. The molecule has 0 aromatic heterocycles. The minimum absolute atomic E-state index is 0.688. The SMILES string of the molecule is CN1CCC2(C)CCCCC12.COc1ccccc1OC.NNSI. The Morgan fingerprint density at radius 3 is 2.20 bits per heavy atom. The molecule has 1 aliphatic heterocycles. The van der Waals surface area contributed by atoms with Gasteiger partial charge < -0.3 is 14.4 Å². The lowest BCUT2D eigenvalue weighted by Crippen LogP contribution is -2.38. The molecule has 1 aliphatic carbocycles. The summed E-state index contributed by atoms with van der Waals surface area (Å²) in [5.41, 5.74) is 0.688. The highest BCUT2D eigenvalue weighted by Crippen LogP contribution is 2.45. The van der Waals surface area contributed by atoms with Crippen LogP contribution in [0.25, 0.3) is 0 Å². The van der Waals surface area contributed by atoms with Crippen molar-refractivity contribution in [1.29, 1.82) is 0 Å². The Labute approximate surface area is 169 Å². The van der Waals surface area contributed by atoms with Gasteiger partial charge in [-0.1, -0.05) is 31.9 Å². The molecule has 1 aromatic rings. The average molecular weight is 481 g/mol. The minimum Gasteiger partial charge on any atom is -0.493 e. The number of fused-ring (bicyclic) bond motifs is 1. The summed E-state index contributed by atoms with van der Waals surface area (Å²) in [6, 6.07) is 8.44. The average Bonchev–Trinajstić information content (AvgIpc) is 2.97. The molecule has 0 radical (unpaired) electrons. The molecule has 0 spiro atoms. The van der Waals surface area contributed by atoms with E-state index in [-0.39, 0.29) is 0 Å². The molecule has 3 rings (SSSR count). The fraction of sp³-hybridized carbons (Fsp3) is 0.667. The Morgan fingerprint density at radius 2 is 1.76 bits per heavy atom. The lowest BCUT2D eigenvalue weighted by Gasteiger charge is -2.38. The monoisotopic (exact) mass is 481 g/mol. The van der Waals surface area contributed by atoms with E-state index in [1.54, 1.807) is 14.2 Å². The predicted octanol–water partition coefficient (Wildman–Crippen LogP) is 4.42. The maximum Gasteiger partial charge on any atom is 0.160 e. The molecule has 1 aromatic carbocycles. The number of halogens is 1. The van der Waals surface area contributed by atoms with Crippen LogP contribution in [0.1, 0.15) is 39.0 Å². The lowest BCUT2D eigenvalue weighted by molar-refractivity contribution is 0.134. The van der Waals surface area contributed by atoms with Crippen LogP contribution in [0.5, 0.6) is 11.5 Å². The van der Waals surface area contributed by atoms with Gasteiger partial charge in [0.15, 0.2) is 11.5 Å². The molecule has 144 valence electrons. The van der Waals surface area contributed by atoms with E-state index in [1.165, 1.54) is 47.8 Å². The number of para-hydroxylation sites is 2. The highest BCUT2D eigenvalue weighted by atomic mass is 127. The van der Waals surface area contributed by atoms with Gasteiger partial charge in [-0.2, -0.15) is 4.83 Å². The second-order valence-electron chi connectivity index (χ2n) is 6.70. The Kier molecular flexibility index (Phi) is 11.2. The highest BCUT2D eigenvalue weighted by Gasteiger charge is 2.43. The summed E-state index contributed by atoms with van der Waals surface area (Å²) in [4.78, 5) is 4.90. The summed E-state index contributed by atoms with van der Waals surface area (Å²) < 4.78 is 10.0. The second-order valence-corrected chi connectivity index (χ2v) is 8.41. The van der Waals surface area contributed by atoms with Gasteiger partial charge in [-0.25, -0.2) is 0 Å². The van der Waals surface area contributed by atoms with Crippen molar-refractivity contribution in [2.75, 3.05) is 27.8 Å². The largest absolute Gasteiger partial charge is 0.493 e. The summed E-state index contributed by atoms with van der Waals surface area (Å²) in [5.74, 6) is 6.27. The topological polar surface area (TPSA) is 59.8 Å². The Bertz CT molecular complexity index is 466. The van der Waals surface area contributed by atoms with E-state index >= 15 is 0 Å². The number of methoxy groups -OCH3 is 2. The lowest BCUT2D eigenvalue weighted by atomic mass is 9.72. The zero-order valence-corrected chi connectivity index (χ0v) is 18.7. The van der Waals surface area contributed by atoms with E-state index < -0.39 is 0 Å². The van der Waals surface area contributed by atoms with Crippen LogP contribution in [0.4, 0.5) is 0 Å². The first-order valence-corrected chi connectivity index (χ1v) is 12.0. The molecule has 5 nitrogen and oxygen atoms in total. The van der Waals surface area contributed by atoms with E-state index in [9.17, 15) is 0 Å². The van der Waals surface area contributed by atoms with Crippen LogP contribution < -0.4 is 20.1 Å². The summed E-state index contributed by atoms with van der Waals surface area (Å²) in [6.45, 7) is 3.82. The van der Waals surface area contributed by atoms with E-state index in [2.05, 4.69) is 23.7 Å². The summed E-state index contributed by atoms with van der Waals surface area (Å²) in [7, 11) is 6.89. The predicted molar refractivity (Wildman–Crippen MR) is 116 cm³/mol. The van der Waals surface area contributed by atoms with Crippen LogP contribution in [0, 0.1) is 5.41 Å². The number of rotatable bonds is 3. The molecule has 1 heterocycles. The summed E-state index contributed by atoms with van der Waals surface area (Å²) in [5, 5.41) is 0. The van der Waals surface area contributed by atoms with Crippen molar-refractivity contribution in [2.45, 2.75) is 45.1 Å². The van der Waals surface area contributed by atoms with Gasteiger partial charge in [0.1, 0.15) is 0 Å². The van der Waals surface area contributed by atoms with Crippen LogP contribution in [0.3, 0.4) is 0 Å². The molecular weight excluding hydrogens is 449 g/mol. The molecule has 1 saturated carbocycles. The normalized spacial score (nSPS) is 25.0. The van der Waals surface area contributed by atoms with E-state index in [1.807, 2.05) is 45.5 Å². The van der Waals surface area contributed by atoms with E-state index in [4.69, 9.17) is 15.3 Å². The van der Waals surface area contributed by atoms with E-state index in [0.717, 1.165) is 17.5 Å². The Balaban J connectivity index is 0.000000208. The number of nitrogens with two attached hydrogens (primary N) is 1. The van der Waals surface area contributed by atoms with Crippen LogP contribution in [0.15, 0.2) is 24.3 Å². The number of nitrogens with zero attached hydrogens (tertiary/aromatic N) is 1. The zero-order valence-electron chi connectivity index (χ0n) is 15.8. The molecule has 2 fully saturated rings. The summed E-state index contributed by atoms with van der Waals surface area (Å²) >= 11 is 2.03. The van der Waals surface area contributed by atoms with E-state index in [0.29, 0.717) is 5.41 Å². The van der Waals surface area contributed by atoms with Gasteiger partial charge in [0, 0.05) is 36.4 Å². The highest BCUT2D eigenvalue weighted by molar-refractivity contribution is 14.2. The Morgan fingerprint density at radius 1 is 1.20 bits per heavy atom. The van der Waals surface area contributed by atoms with Crippen molar-refractivity contribution in [2.24, 2.45) is 11.3 Å². The van der Waals surface area contributed by atoms with Gasteiger partial charge in [0.25, 0.3) is 0 Å². The molecule has 3 N–H and O–H groups in total. The Hall–Kier alpha value is -0.220. The minimum atomic E-state index is 0.688. The maximum atomic E-state index is 5.01. The fourth-order valence-electron chi connectivity index (χ4n) is 3.80. The molecule has 2 unspecified atom stereocenters. The number of hydrogen-bond acceptors (Lipinski definition) is 6. The third-order valence-electron chi connectivity index (χ3n) is 5.18. The molecule has 2 aliphatic rings. The van der Waals surface area contributed by atoms with Crippen molar-refractivity contribution in [3.8, 4) is 11.5 Å². The molecule has 1 saturated heterocycles. The second kappa shape index (κ2) is 12.2. The van der Waals surface area contributed by atoms with Gasteiger partial charge >= 0.3 is 0 Å². The zero-order chi connectivity index (χ0) is 18.7. The van der Waals surface area contributed by atoms with Gasteiger partial charge in [-0.05, 0) is 50.4 Å². The van der Waals surface area contributed by atoms with Crippen molar-refractivity contribution >= 4 is 30.3 Å². The van der Waals surface area contributed by atoms with Gasteiger partial charge in [0.05, 0.1) is 14.2 Å². The van der Waals surface area contributed by atoms with Crippen LogP contribution in [0.2, 0.25) is 0 Å². The van der Waals surface area contributed by atoms with Crippen molar-refractivity contribution in [3.63, 3.8) is 0 Å². The van der Waals surface area contributed by atoms with Crippen LogP contribution in [-0.4, -0.2) is 38.8 Å². The molecular formula is C18H32IN3O2S. The first-order chi connectivity index (χ1) is 12.0. The van der Waals surface area contributed by atoms with Gasteiger partial charge in [-0.15, -0.1) is 0 Å². The number of ether oxygens (including phenoxy) is 2. The van der Waals surface area contributed by atoms with Crippen LogP contribution >= 0.6 is 30.3 Å². The molecule has 25 heavy (non-hydrogen) atoms. The molecule has 0 amide bonds.